The van der Waals surface area contributed by atoms with Gasteiger partial charge < -0.3 is 20.3 Å². The molecule has 15 heteroatoms. The van der Waals surface area contributed by atoms with E-state index in [2.05, 4.69) is 27.5 Å². The van der Waals surface area contributed by atoms with Gasteiger partial charge in [0, 0.05) is 55.5 Å². The fourth-order valence-corrected chi connectivity index (χ4v) is 6.07. The van der Waals surface area contributed by atoms with E-state index in [4.69, 9.17) is 4.74 Å². The SMILES string of the molecule is C=C[C@@H]1C[C@]1(NC(=O)[C@@H]1C[C@@H](OC(=O)N2Cc3cccc(F)c3C2)CN1C(=O)[C@@H](NC(C)C=N/C=C(\C)C(F)(F)F)C(C)C)C(=O)NC. The van der Waals surface area contributed by atoms with Crippen LogP contribution in [-0.4, -0.2) is 89.4 Å². The summed E-state index contributed by atoms with van der Waals surface area (Å²) in [6.07, 6.45) is -2.40. The van der Waals surface area contributed by atoms with Gasteiger partial charge in [-0.25, -0.2) is 9.18 Å². The number of hydrogen-bond donors (Lipinski definition) is 3. The van der Waals surface area contributed by atoms with E-state index >= 15 is 0 Å². The molecule has 3 aliphatic rings. The molecule has 1 unspecified atom stereocenters. The zero-order valence-electron chi connectivity index (χ0n) is 27.6. The van der Waals surface area contributed by atoms with Crippen LogP contribution in [0, 0.1) is 17.7 Å². The lowest BCUT2D eigenvalue weighted by molar-refractivity contribution is -0.142. The minimum absolute atomic E-state index is 0.00811. The topological polar surface area (TPSA) is 132 Å². The lowest BCUT2D eigenvalue weighted by Crippen LogP contribution is -2.58. The highest BCUT2D eigenvalue weighted by atomic mass is 19.4. The summed E-state index contributed by atoms with van der Waals surface area (Å²) in [4.78, 5) is 60.3. The van der Waals surface area contributed by atoms with Crippen molar-refractivity contribution < 1.29 is 41.5 Å². The minimum atomic E-state index is -4.52. The number of aliphatic imine (C=N–C) groups is 1. The number of allylic oxidation sites excluding steroid dienone is 1. The first-order chi connectivity index (χ1) is 22.5. The molecule has 0 bridgehead atoms. The number of ether oxygens (including phenoxy) is 1. The number of hydrogen-bond acceptors (Lipinski definition) is 7. The van der Waals surface area contributed by atoms with E-state index in [0.717, 1.165) is 6.92 Å². The van der Waals surface area contributed by atoms with Crippen LogP contribution in [0.4, 0.5) is 22.4 Å². The number of benzene rings is 1. The molecule has 4 rings (SSSR count). The summed E-state index contributed by atoms with van der Waals surface area (Å²) in [6, 6.07) is 1.91. The molecule has 262 valence electrons. The van der Waals surface area contributed by atoms with Crippen LogP contribution in [-0.2, 0) is 32.2 Å². The number of halogens is 4. The highest BCUT2D eigenvalue weighted by molar-refractivity contribution is 5.98. The maximum absolute atomic E-state index is 14.3. The zero-order valence-corrected chi connectivity index (χ0v) is 27.6. The third-order valence-corrected chi connectivity index (χ3v) is 8.98. The van der Waals surface area contributed by atoms with E-state index in [1.165, 1.54) is 29.1 Å². The maximum atomic E-state index is 14.3. The van der Waals surface area contributed by atoms with Crippen molar-refractivity contribution in [2.24, 2.45) is 16.8 Å². The highest BCUT2D eigenvalue weighted by Crippen LogP contribution is 2.45. The third kappa shape index (κ3) is 7.88. The predicted molar refractivity (Wildman–Crippen MR) is 169 cm³/mol. The molecule has 48 heavy (non-hydrogen) atoms. The Balaban J connectivity index is 1.53. The number of nitrogens with zero attached hydrogens (tertiary/aromatic N) is 3. The first-order valence-electron chi connectivity index (χ1n) is 15.7. The minimum Gasteiger partial charge on any atom is -0.444 e. The number of carbonyl (C=O) groups excluding carboxylic acids is 4. The van der Waals surface area contributed by atoms with Crippen molar-refractivity contribution in [2.45, 2.75) is 89.6 Å². The van der Waals surface area contributed by atoms with Crippen LogP contribution in [0.2, 0.25) is 0 Å². The van der Waals surface area contributed by atoms with Gasteiger partial charge in [0.1, 0.15) is 23.5 Å². The molecule has 4 amide bonds. The van der Waals surface area contributed by atoms with Crippen LogP contribution >= 0.6 is 0 Å². The standard InChI is InChI=1S/C33H42F4N6O5/c1-7-22-12-32(22,30(46)38-6)41-28(44)26-11-23(48-31(47)42-15-21-9-8-10-25(34)24(21)17-42)16-43(26)29(45)27(18(2)3)40-20(5)14-39-13-19(4)33(35,36)37/h7-10,13-14,18,20,22-23,26-27,40H,1,11-12,15-17H2,2-6H3,(H,38,46)(H,41,44)/b19-13+,39-14?/t20?,22-,23-,26+,27+,32-/m1/s1. The van der Waals surface area contributed by atoms with Gasteiger partial charge in [0.05, 0.1) is 19.1 Å². The van der Waals surface area contributed by atoms with Gasteiger partial charge in [-0.05, 0) is 37.8 Å². The monoisotopic (exact) mass is 678 g/mol. The molecule has 2 fully saturated rings. The number of carbonyl (C=O) groups is 4. The molecule has 3 N–H and O–H groups in total. The third-order valence-electron chi connectivity index (χ3n) is 8.98. The number of fused-ring (bicyclic) bond motifs is 1. The lowest BCUT2D eigenvalue weighted by atomic mass is 10.0. The first kappa shape index (κ1) is 36.6. The van der Waals surface area contributed by atoms with Crippen molar-refractivity contribution >= 4 is 30.0 Å². The maximum Gasteiger partial charge on any atom is 0.413 e. The molecule has 0 radical (unpaired) electrons. The van der Waals surface area contributed by atoms with Crippen LogP contribution in [0.1, 0.15) is 51.7 Å². The molecule has 2 aliphatic heterocycles. The second-order valence-corrected chi connectivity index (χ2v) is 12.9. The first-order valence-corrected chi connectivity index (χ1v) is 15.7. The van der Waals surface area contributed by atoms with E-state index in [9.17, 15) is 36.7 Å². The summed E-state index contributed by atoms with van der Waals surface area (Å²) in [5.41, 5.74) is -1.07. The molecule has 1 saturated heterocycles. The molecule has 1 saturated carbocycles. The molecule has 0 spiro atoms. The van der Waals surface area contributed by atoms with Gasteiger partial charge in [0.25, 0.3) is 0 Å². The number of likely N-dealkylation sites (N-methyl/N-ethyl adjacent to an activating group) is 1. The van der Waals surface area contributed by atoms with Crippen molar-refractivity contribution in [3.8, 4) is 0 Å². The average molecular weight is 679 g/mol. The van der Waals surface area contributed by atoms with Gasteiger partial charge in [0.15, 0.2) is 0 Å². The van der Waals surface area contributed by atoms with Crippen molar-refractivity contribution in [1.82, 2.24) is 25.8 Å². The molecule has 11 nitrogen and oxygen atoms in total. The van der Waals surface area contributed by atoms with Gasteiger partial charge in [-0.15, -0.1) is 6.58 Å². The molecule has 1 aliphatic carbocycles. The smallest absolute Gasteiger partial charge is 0.413 e. The van der Waals surface area contributed by atoms with Crippen LogP contribution in [0.25, 0.3) is 0 Å². The van der Waals surface area contributed by atoms with Gasteiger partial charge in [-0.2, -0.15) is 13.2 Å². The van der Waals surface area contributed by atoms with Crippen molar-refractivity contribution in [3.63, 3.8) is 0 Å². The molecule has 2 heterocycles. The fourth-order valence-electron chi connectivity index (χ4n) is 6.07. The Kier molecular flexibility index (Phi) is 11.0. The van der Waals surface area contributed by atoms with Gasteiger partial charge >= 0.3 is 12.3 Å². The Morgan fingerprint density at radius 1 is 1.17 bits per heavy atom. The van der Waals surface area contributed by atoms with Crippen molar-refractivity contribution in [3.05, 3.63) is 59.6 Å². The summed E-state index contributed by atoms with van der Waals surface area (Å²) in [6.45, 7) is 9.78. The van der Waals surface area contributed by atoms with E-state index < -0.39 is 71.1 Å². The normalized spacial score (nSPS) is 25.1. The van der Waals surface area contributed by atoms with E-state index in [1.54, 1.807) is 39.0 Å². The van der Waals surface area contributed by atoms with Crippen LogP contribution in [0.3, 0.4) is 0 Å². The Morgan fingerprint density at radius 2 is 1.88 bits per heavy atom. The molecule has 1 aromatic rings. The van der Waals surface area contributed by atoms with Crippen LogP contribution in [0.5, 0.6) is 0 Å². The highest BCUT2D eigenvalue weighted by Gasteiger charge is 2.60. The molecule has 0 aromatic heterocycles. The summed E-state index contributed by atoms with van der Waals surface area (Å²) in [5, 5.41) is 8.43. The second kappa shape index (κ2) is 14.5. The predicted octanol–water partition coefficient (Wildman–Crippen LogP) is 3.59. The summed E-state index contributed by atoms with van der Waals surface area (Å²) >= 11 is 0. The molecule has 1 aromatic carbocycles. The Bertz CT molecular complexity index is 1500. The quantitative estimate of drug-likeness (QED) is 0.186. The van der Waals surface area contributed by atoms with E-state index in [1.807, 2.05) is 0 Å². The number of rotatable bonds is 11. The Morgan fingerprint density at radius 3 is 2.46 bits per heavy atom. The average Bonchev–Trinajstić information content (AvgIpc) is 3.33. The van der Waals surface area contributed by atoms with Gasteiger partial charge in [-0.1, -0.05) is 32.1 Å². The van der Waals surface area contributed by atoms with Gasteiger partial charge in [-0.3, -0.25) is 29.6 Å². The second-order valence-electron chi connectivity index (χ2n) is 12.9. The number of alkyl halides is 3. The zero-order chi connectivity index (χ0) is 35.6. The number of nitrogens with one attached hydrogen (secondary N) is 3. The largest absolute Gasteiger partial charge is 0.444 e. The van der Waals surface area contributed by atoms with Crippen LogP contribution < -0.4 is 16.0 Å². The molecule has 6 atom stereocenters. The Hall–Kier alpha value is -4.27. The number of likely N-dealkylation sites (tertiary alicyclic amines) is 1. The van der Waals surface area contributed by atoms with E-state index in [0.29, 0.717) is 23.7 Å². The summed E-state index contributed by atoms with van der Waals surface area (Å²) in [7, 11) is 1.45. The van der Waals surface area contributed by atoms with Crippen LogP contribution in [0.15, 0.2) is 47.6 Å². The summed E-state index contributed by atoms with van der Waals surface area (Å²) in [5.74, 6) is -2.63. The summed E-state index contributed by atoms with van der Waals surface area (Å²) < 4.78 is 58.6. The number of amides is 4. The molecular formula is C33H42F4N6O5. The van der Waals surface area contributed by atoms with Gasteiger partial charge in [0.2, 0.25) is 17.7 Å². The lowest BCUT2D eigenvalue weighted by Gasteiger charge is -2.32. The van der Waals surface area contributed by atoms with Crippen molar-refractivity contribution in [2.75, 3.05) is 13.6 Å². The fraction of sp³-hybridized carbons (Fsp3) is 0.545. The van der Waals surface area contributed by atoms with Crippen molar-refractivity contribution in [1.29, 1.82) is 0 Å². The molecular weight excluding hydrogens is 636 g/mol. The Labute approximate surface area is 276 Å². The van der Waals surface area contributed by atoms with E-state index in [-0.39, 0.29) is 37.9 Å².